The number of pyridine rings is 1. The second kappa shape index (κ2) is 9.39. The Balaban J connectivity index is 1.81. The number of benzene rings is 3. The number of rotatable bonds is 7. The molecule has 6 heteroatoms. The quantitative estimate of drug-likeness (QED) is 0.438. The minimum atomic E-state index is -0.852. The predicted molar refractivity (Wildman–Crippen MR) is 122 cm³/mol. The smallest absolute Gasteiger partial charge is 0.347 e. The first-order valence-electron chi connectivity index (χ1n) is 10.4. The van der Waals surface area contributed by atoms with Gasteiger partial charge in [0.25, 0.3) is 5.56 Å². The van der Waals surface area contributed by atoms with Crippen LogP contribution >= 0.6 is 0 Å². The summed E-state index contributed by atoms with van der Waals surface area (Å²) >= 11 is 0. The molecule has 0 aliphatic carbocycles. The Morgan fingerprint density at radius 3 is 2.25 bits per heavy atom. The van der Waals surface area contributed by atoms with Crippen LogP contribution in [0.4, 0.5) is 0 Å². The molecule has 0 unspecified atom stereocenters. The third-order valence-electron chi connectivity index (χ3n) is 5.12. The Kier molecular flexibility index (Phi) is 6.22. The van der Waals surface area contributed by atoms with Crippen LogP contribution in [0.15, 0.2) is 83.7 Å². The van der Waals surface area contributed by atoms with Gasteiger partial charge in [0.1, 0.15) is 18.1 Å². The van der Waals surface area contributed by atoms with Crippen molar-refractivity contribution >= 4 is 16.9 Å². The molecule has 0 spiro atoms. The molecule has 4 aromatic rings. The van der Waals surface area contributed by atoms with Gasteiger partial charge in [-0.25, -0.2) is 4.79 Å². The van der Waals surface area contributed by atoms with Crippen LogP contribution in [0.25, 0.3) is 10.9 Å². The summed E-state index contributed by atoms with van der Waals surface area (Å²) < 4.78 is 12.4. The van der Waals surface area contributed by atoms with Gasteiger partial charge in [0.05, 0.1) is 18.7 Å². The molecule has 0 aliphatic rings. The minimum Gasteiger partial charge on any atom is -0.506 e. The number of aromatic hydroxyl groups is 1. The van der Waals surface area contributed by atoms with E-state index in [1.165, 1.54) is 4.57 Å². The highest BCUT2D eigenvalue weighted by atomic mass is 16.5. The molecule has 0 aliphatic heterocycles. The Hall–Kier alpha value is -4.06. The van der Waals surface area contributed by atoms with Crippen molar-refractivity contribution in [1.82, 2.24) is 4.57 Å². The maximum Gasteiger partial charge on any atom is 0.347 e. The van der Waals surface area contributed by atoms with Crippen LogP contribution in [0.5, 0.6) is 11.5 Å². The predicted octanol–water partition coefficient (Wildman–Crippen LogP) is 4.51. The molecule has 0 amide bonds. The van der Waals surface area contributed by atoms with Crippen LogP contribution in [-0.4, -0.2) is 22.2 Å². The molecule has 1 N–H and O–H groups in total. The van der Waals surface area contributed by atoms with E-state index in [0.29, 0.717) is 23.3 Å². The van der Waals surface area contributed by atoms with Gasteiger partial charge in [-0.05, 0) is 36.2 Å². The molecule has 4 rings (SSSR count). The Labute approximate surface area is 185 Å². The highest BCUT2D eigenvalue weighted by molar-refractivity contribution is 6.00. The first kappa shape index (κ1) is 21.2. The van der Waals surface area contributed by atoms with Gasteiger partial charge < -0.3 is 19.1 Å². The summed E-state index contributed by atoms with van der Waals surface area (Å²) in [7, 11) is 0. The van der Waals surface area contributed by atoms with E-state index in [1.54, 1.807) is 25.1 Å². The number of carbonyl (C=O) groups excluding carboxylic acids is 1. The van der Waals surface area contributed by atoms with E-state index in [1.807, 2.05) is 60.7 Å². The van der Waals surface area contributed by atoms with E-state index < -0.39 is 17.3 Å². The van der Waals surface area contributed by atoms with Crippen LogP contribution in [0.2, 0.25) is 0 Å². The summed E-state index contributed by atoms with van der Waals surface area (Å²) in [6.07, 6.45) is 0. The molecule has 1 heterocycles. The maximum atomic E-state index is 13.2. The largest absolute Gasteiger partial charge is 0.506 e. The van der Waals surface area contributed by atoms with Crippen LogP contribution < -0.4 is 10.3 Å². The molecule has 6 nitrogen and oxygen atoms in total. The molecular formula is C26H23NO5. The zero-order valence-corrected chi connectivity index (χ0v) is 17.7. The summed E-state index contributed by atoms with van der Waals surface area (Å²) in [5.41, 5.74) is 1.40. The molecular weight excluding hydrogens is 406 g/mol. The molecule has 0 radical (unpaired) electrons. The molecule has 0 saturated carbocycles. The number of hydrogen-bond acceptors (Lipinski definition) is 5. The molecule has 0 saturated heterocycles. The normalized spacial score (nSPS) is 10.8. The van der Waals surface area contributed by atoms with Gasteiger partial charge in [0.15, 0.2) is 5.56 Å². The Morgan fingerprint density at radius 1 is 0.938 bits per heavy atom. The lowest BCUT2D eigenvalue weighted by Crippen LogP contribution is -2.28. The second-order valence-electron chi connectivity index (χ2n) is 7.27. The number of aromatic nitrogens is 1. The average Bonchev–Trinajstić information content (AvgIpc) is 2.82. The summed E-state index contributed by atoms with van der Waals surface area (Å²) in [6, 6.07) is 24.2. The number of carbonyl (C=O) groups is 1. The summed E-state index contributed by atoms with van der Waals surface area (Å²) in [4.78, 5) is 25.7. The zero-order valence-electron chi connectivity index (χ0n) is 17.7. The second-order valence-corrected chi connectivity index (χ2v) is 7.27. The first-order valence-corrected chi connectivity index (χ1v) is 10.4. The van der Waals surface area contributed by atoms with Gasteiger partial charge >= 0.3 is 5.97 Å². The Bertz CT molecular complexity index is 1300. The fourth-order valence-electron chi connectivity index (χ4n) is 3.56. The number of nitrogens with zero attached hydrogens (tertiary/aromatic N) is 1. The zero-order chi connectivity index (χ0) is 22.5. The van der Waals surface area contributed by atoms with Crippen molar-refractivity contribution in [3.05, 3.63) is 106 Å². The van der Waals surface area contributed by atoms with Crippen molar-refractivity contribution in [3.8, 4) is 11.5 Å². The SMILES string of the molecule is CCOC(=O)c1c(O)c2cc(OCc3ccccc3)ccc2n(Cc2ccccc2)c1=O. The highest BCUT2D eigenvalue weighted by Crippen LogP contribution is 2.31. The average molecular weight is 429 g/mol. The van der Waals surface area contributed by atoms with Crippen molar-refractivity contribution in [3.63, 3.8) is 0 Å². The fraction of sp³-hybridized carbons (Fsp3) is 0.154. The lowest BCUT2D eigenvalue weighted by Gasteiger charge is -2.16. The number of esters is 1. The lowest BCUT2D eigenvalue weighted by atomic mass is 10.1. The summed E-state index contributed by atoms with van der Waals surface area (Å²) in [5.74, 6) is -0.747. The number of ether oxygens (including phenoxy) is 2. The van der Waals surface area contributed by atoms with Crippen molar-refractivity contribution in [2.24, 2.45) is 0 Å². The topological polar surface area (TPSA) is 77.8 Å². The van der Waals surface area contributed by atoms with Crippen molar-refractivity contribution < 1.29 is 19.4 Å². The van der Waals surface area contributed by atoms with E-state index in [4.69, 9.17) is 9.47 Å². The monoisotopic (exact) mass is 429 g/mol. The molecule has 32 heavy (non-hydrogen) atoms. The summed E-state index contributed by atoms with van der Waals surface area (Å²) in [6.45, 7) is 2.33. The molecule has 1 aromatic heterocycles. The van der Waals surface area contributed by atoms with Gasteiger partial charge in [-0.15, -0.1) is 0 Å². The third kappa shape index (κ3) is 4.34. The van der Waals surface area contributed by atoms with Crippen LogP contribution in [0.3, 0.4) is 0 Å². The van der Waals surface area contributed by atoms with Crippen molar-refractivity contribution in [1.29, 1.82) is 0 Å². The van der Waals surface area contributed by atoms with E-state index in [0.717, 1.165) is 11.1 Å². The number of hydrogen-bond donors (Lipinski definition) is 1. The van der Waals surface area contributed by atoms with Gasteiger partial charge in [-0.1, -0.05) is 60.7 Å². The van der Waals surface area contributed by atoms with Gasteiger partial charge in [-0.2, -0.15) is 0 Å². The van der Waals surface area contributed by atoms with E-state index >= 15 is 0 Å². The van der Waals surface area contributed by atoms with Crippen molar-refractivity contribution in [2.45, 2.75) is 20.1 Å². The third-order valence-corrected chi connectivity index (χ3v) is 5.12. The lowest BCUT2D eigenvalue weighted by molar-refractivity contribution is 0.0520. The Morgan fingerprint density at radius 2 is 1.59 bits per heavy atom. The van der Waals surface area contributed by atoms with Crippen molar-refractivity contribution in [2.75, 3.05) is 6.61 Å². The standard InChI is InChI=1S/C26H23NO5/c1-2-31-26(30)23-24(28)21-15-20(32-17-19-11-7-4-8-12-19)13-14-22(21)27(25(23)29)16-18-9-5-3-6-10-18/h3-15,28H,2,16-17H2,1H3. The molecule has 0 bridgehead atoms. The van der Waals surface area contributed by atoms with Gasteiger partial charge in [0, 0.05) is 5.39 Å². The number of fused-ring (bicyclic) bond motifs is 1. The van der Waals surface area contributed by atoms with Gasteiger partial charge in [-0.3, -0.25) is 4.79 Å². The first-order chi connectivity index (χ1) is 15.6. The summed E-state index contributed by atoms with van der Waals surface area (Å²) in [5, 5.41) is 11.2. The van der Waals surface area contributed by atoms with Crippen LogP contribution in [0, 0.1) is 0 Å². The minimum absolute atomic E-state index is 0.0919. The maximum absolute atomic E-state index is 13.2. The van der Waals surface area contributed by atoms with E-state index in [-0.39, 0.29) is 18.7 Å². The van der Waals surface area contributed by atoms with E-state index in [9.17, 15) is 14.7 Å². The molecule has 0 fully saturated rings. The highest BCUT2D eigenvalue weighted by Gasteiger charge is 2.24. The van der Waals surface area contributed by atoms with Crippen LogP contribution in [-0.2, 0) is 17.9 Å². The van der Waals surface area contributed by atoms with Gasteiger partial charge in [0.2, 0.25) is 0 Å². The molecule has 162 valence electrons. The fourth-order valence-corrected chi connectivity index (χ4v) is 3.56. The molecule has 0 atom stereocenters. The molecule has 3 aromatic carbocycles. The van der Waals surface area contributed by atoms with Crippen LogP contribution in [0.1, 0.15) is 28.4 Å². The van der Waals surface area contributed by atoms with E-state index in [2.05, 4.69) is 0 Å².